The first kappa shape index (κ1) is 11.0. The Bertz CT molecular complexity index is 377. The number of nitrogens with zero attached hydrogens (tertiary/aromatic N) is 1. The molecule has 0 unspecified atom stereocenters. The normalized spacial score (nSPS) is 10.7. The summed E-state index contributed by atoms with van der Waals surface area (Å²) in [7, 11) is 0. The smallest absolute Gasteiger partial charge is 0.221 e. The highest BCUT2D eigenvalue weighted by Gasteiger charge is 1.98. The van der Waals surface area contributed by atoms with Crippen LogP contribution in [0.5, 0.6) is 0 Å². The Morgan fingerprint density at radius 1 is 1.57 bits per heavy atom. The molecule has 0 saturated carbocycles. The summed E-state index contributed by atoms with van der Waals surface area (Å²) in [6, 6.07) is 1.58. The van der Waals surface area contributed by atoms with Crippen LogP contribution in [0.2, 0.25) is 10.0 Å². The summed E-state index contributed by atoms with van der Waals surface area (Å²) >= 11 is 11.5. The van der Waals surface area contributed by atoms with Crippen molar-refractivity contribution in [1.82, 2.24) is 4.98 Å². The number of carbonyl (C=O) groups excluding carboxylic acids is 1. The van der Waals surface area contributed by atoms with Gasteiger partial charge >= 0.3 is 0 Å². The van der Waals surface area contributed by atoms with Crippen molar-refractivity contribution in [2.24, 2.45) is 5.73 Å². The summed E-state index contributed by atoms with van der Waals surface area (Å²) in [4.78, 5) is 14.4. The molecule has 0 fully saturated rings. The van der Waals surface area contributed by atoms with Gasteiger partial charge in [0.15, 0.2) is 0 Å². The average Bonchev–Trinajstić information content (AvgIpc) is 2.08. The average molecular weight is 231 g/mol. The van der Waals surface area contributed by atoms with Crippen molar-refractivity contribution >= 4 is 35.2 Å². The molecule has 0 aliphatic rings. The number of nitrogens with two attached hydrogens (primary N) is 1. The van der Waals surface area contributed by atoms with Crippen molar-refractivity contribution < 1.29 is 4.79 Å². The number of hydrogen-bond acceptors (Lipinski definition) is 2. The standard InChI is InChI=1S/C9H8Cl2N2O/c10-6-4-7(11)8(13-5-6)2-1-3-9(12)14/h1-2,4-5H,3H2,(H2,12,14). The van der Waals surface area contributed by atoms with Crippen molar-refractivity contribution in [3.05, 3.63) is 34.1 Å². The van der Waals surface area contributed by atoms with Gasteiger partial charge < -0.3 is 5.73 Å². The van der Waals surface area contributed by atoms with Crippen LogP contribution in [-0.4, -0.2) is 10.9 Å². The second-order valence-corrected chi connectivity index (χ2v) is 3.44. The summed E-state index contributed by atoms with van der Waals surface area (Å²) < 4.78 is 0. The SMILES string of the molecule is NC(=O)CC=Cc1ncc(Cl)cc1Cl. The van der Waals surface area contributed by atoms with Crippen molar-refractivity contribution in [3.63, 3.8) is 0 Å². The third kappa shape index (κ3) is 3.36. The van der Waals surface area contributed by atoms with E-state index >= 15 is 0 Å². The highest BCUT2D eigenvalue weighted by atomic mass is 35.5. The predicted octanol–water partition coefficient (Wildman–Crippen LogP) is 2.28. The van der Waals surface area contributed by atoms with E-state index < -0.39 is 5.91 Å². The first-order valence-corrected chi connectivity index (χ1v) is 4.61. The number of carbonyl (C=O) groups is 1. The minimum atomic E-state index is -0.397. The highest BCUT2D eigenvalue weighted by Crippen LogP contribution is 2.19. The van der Waals surface area contributed by atoms with Gasteiger partial charge in [0.2, 0.25) is 5.91 Å². The lowest BCUT2D eigenvalue weighted by atomic mass is 10.3. The number of halogens is 2. The maximum Gasteiger partial charge on any atom is 0.221 e. The van der Waals surface area contributed by atoms with Gasteiger partial charge in [-0.1, -0.05) is 29.3 Å². The predicted molar refractivity (Wildman–Crippen MR) is 57.1 cm³/mol. The lowest BCUT2D eigenvalue weighted by Gasteiger charge is -1.96. The number of amides is 1. The first-order chi connectivity index (χ1) is 6.59. The third-order valence-corrected chi connectivity index (χ3v) is 1.94. The van der Waals surface area contributed by atoms with Crippen molar-refractivity contribution in [3.8, 4) is 0 Å². The summed E-state index contributed by atoms with van der Waals surface area (Å²) in [6.45, 7) is 0. The fraction of sp³-hybridized carbons (Fsp3) is 0.111. The topological polar surface area (TPSA) is 56.0 Å². The van der Waals surface area contributed by atoms with E-state index in [-0.39, 0.29) is 6.42 Å². The Hall–Kier alpha value is -1.06. The van der Waals surface area contributed by atoms with Gasteiger partial charge in [-0.15, -0.1) is 0 Å². The fourth-order valence-corrected chi connectivity index (χ4v) is 1.28. The number of hydrogen-bond donors (Lipinski definition) is 1. The Labute approximate surface area is 91.5 Å². The molecule has 1 amide bonds. The van der Waals surface area contributed by atoms with Crippen LogP contribution in [0, 0.1) is 0 Å². The molecule has 0 aliphatic heterocycles. The Morgan fingerprint density at radius 2 is 2.29 bits per heavy atom. The zero-order chi connectivity index (χ0) is 10.6. The van der Waals surface area contributed by atoms with Crippen molar-refractivity contribution in [1.29, 1.82) is 0 Å². The first-order valence-electron chi connectivity index (χ1n) is 3.85. The zero-order valence-corrected chi connectivity index (χ0v) is 8.72. The second-order valence-electron chi connectivity index (χ2n) is 2.59. The fourth-order valence-electron chi connectivity index (χ4n) is 0.834. The minimum absolute atomic E-state index is 0.167. The van der Waals surface area contributed by atoms with E-state index in [0.717, 1.165) is 0 Å². The van der Waals surface area contributed by atoms with E-state index in [1.165, 1.54) is 6.20 Å². The molecule has 1 aromatic heterocycles. The van der Waals surface area contributed by atoms with Crippen LogP contribution in [0.15, 0.2) is 18.3 Å². The molecular weight excluding hydrogens is 223 g/mol. The van der Waals surface area contributed by atoms with E-state index in [9.17, 15) is 4.79 Å². The van der Waals surface area contributed by atoms with Crippen LogP contribution < -0.4 is 5.73 Å². The molecule has 0 atom stereocenters. The van der Waals surface area contributed by atoms with Crippen LogP contribution in [0.1, 0.15) is 12.1 Å². The van der Waals surface area contributed by atoms with Gasteiger partial charge in [-0.05, 0) is 12.1 Å². The molecule has 0 bridgehead atoms. The molecule has 3 nitrogen and oxygen atoms in total. The molecule has 2 N–H and O–H groups in total. The highest BCUT2D eigenvalue weighted by molar-refractivity contribution is 6.35. The summed E-state index contributed by atoms with van der Waals surface area (Å²) in [5, 5.41) is 0.917. The van der Waals surface area contributed by atoms with E-state index in [0.29, 0.717) is 15.7 Å². The molecule has 1 aromatic rings. The largest absolute Gasteiger partial charge is 0.369 e. The lowest BCUT2D eigenvalue weighted by Crippen LogP contribution is -2.07. The van der Waals surface area contributed by atoms with E-state index in [1.807, 2.05) is 0 Å². The van der Waals surface area contributed by atoms with Crippen LogP contribution in [0.3, 0.4) is 0 Å². The van der Waals surface area contributed by atoms with Crippen LogP contribution in [-0.2, 0) is 4.79 Å². The van der Waals surface area contributed by atoms with Gasteiger partial charge in [0, 0.05) is 12.6 Å². The monoisotopic (exact) mass is 230 g/mol. The molecule has 0 radical (unpaired) electrons. The molecule has 14 heavy (non-hydrogen) atoms. The second kappa shape index (κ2) is 4.98. The minimum Gasteiger partial charge on any atom is -0.369 e. The van der Waals surface area contributed by atoms with Crippen LogP contribution >= 0.6 is 23.2 Å². The molecule has 1 heterocycles. The number of rotatable bonds is 3. The lowest BCUT2D eigenvalue weighted by molar-refractivity contribution is -0.117. The van der Waals surface area contributed by atoms with Gasteiger partial charge in [0.25, 0.3) is 0 Å². The quantitative estimate of drug-likeness (QED) is 0.867. The zero-order valence-electron chi connectivity index (χ0n) is 7.21. The Kier molecular flexibility index (Phi) is 3.92. The maximum absolute atomic E-state index is 10.4. The van der Waals surface area contributed by atoms with Gasteiger partial charge in [-0.2, -0.15) is 0 Å². The third-order valence-electron chi connectivity index (χ3n) is 1.43. The molecule has 0 aromatic carbocycles. The number of pyridine rings is 1. The number of primary amides is 1. The van der Waals surface area contributed by atoms with E-state index in [4.69, 9.17) is 28.9 Å². The van der Waals surface area contributed by atoms with Crippen molar-refractivity contribution in [2.75, 3.05) is 0 Å². The van der Waals surface area contributed by atoms with E-state index in [2.05, 4.69) is 4.98 Å². The number of aromatic nitrogens is 1. The molecule has 0 spiro atoms. The van der Waals surface area contributed by atoms with E-state index in [1.54, 1.807) is 18.2 Å². The summed E-state index contributed by atoms with van der Waals surface area (Å²) in [5.74, 6) is -0.397. The van der Waals surface area contributed by atoms with Crippen LogP contribution in [0.4, 0.5) is 0 Å². The molecule has 1 rings (SSSR count). The molecule has 0 saturated heterocycles. The van der Waals surface area contributed by atoms with Gasteiger partial charge in [-0.25, -0.2) is 0 Å². The van der Waals surface area contributed by atoms with Crippen molar-refractivity contribution in [2.45, 2.75) is 6.42 Å². The Morgan fingerprint density at radius 3 is 2.86 bits per heavy atom. The summed E-state index contributed by atoms with van der Waals surface area (Å²) in [5.41, 5.74) is 5.52. The Balaban J connectivity index is 2.76. The van der Waals surface area contributed by atoms with Gasteiger partial charge in [0.05, 0.1) is 15.7 Å². The molecule has 0 aliphatic carbocycles. The van der Waals surface area contributed by atoms with Gasteiger partial charge in [-0.3, -0.25) is 9.78 Å². The van der Waals surface area contributed by atoms with Gasteiger partial charge in [0.1, 0.15) is 0 Å². The summed E-state index contributed by atoms with van der Waals surface area (Å²) in [6.07, 6.45) is 4.88. The van der Waals surface area contributed by atoms with Crippen LogP contribution in [0.25, 0.3) is 6.08 Å². The molecule has 74 valence electrons. The maximum atomic E-state index is 10.4. The molecular formula is C9H8Cl2N2O. The molecule has 5 heteroatoms.